The predicted molar refractivity (Wildman–Crippen MR) is 93.0 cm³/mol. The summed E-state index contributed by atoms with van der Waals surface area (Å²) in [5, 5.41) is 3.58. The standard InChI is InChI=1S/C17H38N4/c1-16(8-7-9-18-17(2,3)4)21-14-12-20(13-15-21)11-10-19(5)6/h16,18H,7-15H2,1-6H3. The van der Waals surface area contributed by atoms with Gasteiger partial charge in [0.15, 0.2) is 0 Å². The largest absolute Gasteiger partial charge is 0.312 e. The van der Waals surface area contributed by atoms with Crippen molar-refractivity contribution in [3.8, 4) is 0 Å². The van der Waals surface area contributed by atoms with E-state index in [9.17, 15) is 0 Å². The van der Waals surface area contributed by atoms with Crippen LogP contribution >= 0.6 is 0 Å². The topological polar surface area (TPSA) is 21.8 Å². The average molecular weight is 299 g/mol. The quantitative estimate of drug-likeness (QED) is 0.689. The highest BCUT2D eigenvalue weighted by atomic mass is 15.3. The van der Waals surface area contributed by atoms with Crippen molar-refractivity contribution in [1.29, 1.82) is 0 Å². The molecule has 0 spiro atoms. The Bertz CT molecular complexity index is 264. The molecule has 0 aromatic carbocycles. The van der Waals surface area contributed by atoms with Gasteiger partial charge in [-0.2, -0.15) is 0 Å². The zero-order chi connectivity index (χ0) is 15.9. The van der Waals surface area contributed by atoms with Gasteiger partial charge in [-0.1, -0.05) is 0 Å². The van der Waals surface area contributed by atoms with E-state index in [1.54, 1.807) is 0 Å². The fourth-order valence-electron chi connectivity index (χ4n) is 2.81. The predicted octanol–water partition coefficient (Wildman–Crippen LogP) is 1.72. The summed E-state index contributed by atoms with van der Waals surface area (Å²) in [5.41, 5.74) is 0.251. The second-order valence-corrected chi connectivity index (χ2v) is 7.85. The molecule has 21 heavy (non-hydrogen) atoms. The number of likely N-dealkylation sites (N-methyl/N-ethyl adjacent to an activating group) is 1. The highest BCUT2D eigenvalue weighted by Gasteiger charge is 2.20. The van der Waals surface area contributed by atoms with Gasteiger partial charge in [0.05, 0.1) is 0 Å². The molecule has 4 heteroatoms. The van der Waals surface area contributed by atoms with Crippen LogP contribution in [0.1, 0.15) is 40.5 Å². The molecule has 0 aliphatic carbocycles. The molecule has 0 bridgehead atoms. The van der Waals surface area contributed by atoms with Crippen molar-refractivity contribution in [3.63, 3.8) is 0 Å². The third-order valence-corrected chi connectivity index (χ3v) is 4.35. The van der Waals surface area contributed by atoms with Gasteiger partial charge in [0.2, 0.25) is 0 Å². The lowest BCUT2D eigenvalue weighted by atomic mass is 10.1. The molecule has 1 fully saturated rings. The molecule has 0 aromatic rings. The highest BCUT2D eigenvalue weighted by molar-refractivity contribution is 4.77. The molecular weight excluding hydrogens is 260 g/mol. The van der Waals surface area contributed by atoms with E-state index in [0.29, 0.717) is 0 Å². The first-order valence-electron chi connectivity index (χ1n) is 8.64. The third-order valence-electron chi connectivity index (χ3n) is 4.35. The average Bonchev–Trinajstić information content (AvgIpc) is 2.40. The molecule has 0 amide bonds. The summed E-state index contributed by atoms with van der Waals surface area (Å²) in [7, 11) is 4.31. The van der Waals surface area contributed by atoms with Crippen LogP contribution in [-0.4, -0.2) is 86.2 Å². The molecule has 0 radical (unpaired) electrons. The van der Waals surface area contributed by atoms with Gasteiger partial charge in [0.1, 0.15) is 0 Å². The lowest BCUT2D eigenvalue weighted by molar-refractivity contribution is 0.0934. The van der Waals surface area contributed by atoms with E-state index in [1.807, 2.05) is 0 Å². The summed E-state index contributed by atoms with van der Waals surface area (Å²) in [5.74, 6) is 0. The minimum Gasteiger partial charge on any atom is -0.312 e. The maximum atomic E-state index is 3.58. The molecule has 1 N–H and O–H groups in total. The Labute approximate surface area is 132 Å². The minimum atomic E-state index is 0.251. The molecule has 1 aliphatic rings. The van der Waals surface area contributed by atoms with Gasteiger partial charge in [0.25, 0.3) is 0 Å². The Hall–Kier alpha value is -0.160. The second kappa shape index (κ2) is 9.09. The van der Waals surface area contributed by atoms with Crippen molar-refractivity contribution in [2.24, 2.45) is 0 Å². The van der Waals surface area contributed by atoms with E-state index in [2.05, 4.69) is 61.8 Å². The van der Waals surface area contributed by atoms with E-state index in [1.165, 1.54) is 52.1 Å². The zero-order valence-corrected chi connectivity index (χ0v) is 15.3. The van der Waals surface area contributed by atoms with Crippen molar-refractivity contribution in [1.82, 2.24) is 20.0 Å². The number of piperazine rings is 1. The SMILES string of the molecule is CC(CCCNC(C)(C)C)N1CCN(CCN(C)C)CC1. The number of rotatable bonds is 8. The summed E-state index contributed by atoms with van der Waals surface area (Å²) >= 11 is 0. The van der Waals surface area contributed by atoms with E-state index in [4.69, 9.17) is 0 Å². The Balaban J connectivity index is 2.12. The molecule has 1 aliphatic heterocycles. The summed E-state index contributed by atoms with van der Waals surface area (Å²) in [6.07, 6.45) is 2.58. The molecule has 1 saturated heterocycles. The Morgan fingerprint density at radius 3 is 2.24 bits per heavy atom. The van der Waals surface area contributed by atoms with Crippen molar-refractivity contribution < 1.29 is 0 Å². The number of hydrogen-bond acceptors (Lipinski definition) is 4. The summed E-state index contributed by atoms with van der Waals surface area (Å²) < 4.78 is 0. The van der Waals surface area contributed by atoms with Crippen LogP contribution in [0, 0.1) is 0 Å². The van der Waals surface area contributed by atoms with Crippen LogP contribution in [0.4, 0.5) is 0 Å². The van der Waals surface area contributed by atoms with Gasteiger partial charge in [-0.25, -0.2) is 0 Å². The van der Waals surface area contributed by atoms with Gasteiger partial charge in [-0.05, 0) is 61.2 Å². The van der Waals surface area contributed by atoms with Crippen molar-refractivity contribution in [3.05, 3.63) is 0 Å². The fourth-order valence-corrected chi connectivity index (χ4v) is 2.81. The molecular formula is C17H38N4. The Morgan fingerprint density at radius 2 is 1.71 bits per heavy atom. The summed E-state index contributed by atoms with van der Waals surface area (Å²) in [4.78, 5) is 7.55. The summed E-state index contributed by atoms with van der Waals surface area (Å²) in [6.45, 7) is 17.6. The zero-order valence-electron chi connectivity index (χ0n) is 15.3. The first kappa shape index (κ1) is 18.9. The molecule has 4 nitrogen and oxygen atoms in total. The van der Waals surface area contributed by atoms with Crippen LogP contribution in [0.25, 0.3) is 0 Å². The maximum Gasteiger partial charge on any atom is 0.0113 e. The monoisotopic (exact) mass is 298 g/mol. The molecule has 1 atom stereocenters. The maximum absolute atomic E-state index is 3.58. The molecule has 0 aromatic heterocycles. The molecule has 1 heterocycles. The van der Waals surface area contributed by atoms with E-state index < -0.39 is 0 Å². The number of nitrogens with one attached hydrogen (secondary N) is 1. The van der Waals surface area contributed by atoms with E-state index in [-0.39, 0.29) is 5.54 Å². The van der Waals surface area contributed by atoms with Crippen molar-refractivity contribution in [2.75, 3.05) is 59.9 Å². The van der Waals surface area contributed by atoms with Crippen LogP contribution in [0.15, 0.2) is 0 Å². The molecule has 1 unspecified atom stereocenters. The molecule has 1 rings (SSSR count). The lowest BCUT2D eigenvalue weighted by Crippen LogP contribution is -2.50. The van der Waals surface area contributed by atoms with Gasteiger partial charge >= 0.3 is 0 Å². The van der Waals surface area contributed by atoms with Crippen molar-refractivity contribution in [2.45, 2.75) is 52.1 Å². The number of nitrogens with zero attached hydrogens (tertiary/aromatic N) is 3. The fraction of sp³-hybridized carbons (Fsp3) is 1.00. The van der Waals surface area contributed by atoms with Crippen molar-refractivity contribution >= 4 is 0 Å². The van der Waals surface area contributed by atoms with Crippen LogP contribution in [0.5, 0.6) is 0 Å². The van der Waals surface area contributed by atoms with Crippen LogP contribution in [0.2, 0.25) is 0 Å². The lowest BCUT2D eigenvalue weighted by Gasteiger charge is -2.38. The van der Waals surface area contributed by atoms with E-state index >= 15 is 0 Å². The second-order valence-electron chi connectivity index (χ2n) is 7.85. The third kappa shape index (κ3) is 8.77. The first-order valence-corrected chi connectivity index (χ1v) is 8.64. The van der Waals surface area contributed by atoms with Crippen LogP contribution < -0.4 is 5.32 Å². The Morgan fingerprint density at radius 1 is 1.10 bits per heavy atom. The van der Waals surface area contributed by atoms with Gasteiger partial charge in [0, 0.05) is 50.8 Å². The first-order chi connectivity index (χ1) is 9.78. The number of hydrogen-bond donors (Lipinski definition) is 1. The van der Waals surface area contributed by atoms with Crippen LogP contribution in [0.3, 0.4) is 0 Å². The van der Waals surface area contributed by atoms with E-state index in [0.717, 1.165) is 12.6 Å². The molecule has 126 valence electrons. The van der Waals surface area contributed by atoms with Crippen LogP contribution in [-0.2, 0) is 0 Å². The highest BCUT2D eigenvalue weighted by Crippen LogP contribution is 2.11. The van der Waals surface area contributed by atoms with Gasteiger partial charge in [-0.15, -0.1) is 0 Å². The Kier molecular flexibility index (Phi) is 8.17. The summed E-state index contributed by atoms with van der Waals surface area (Å²) in [6, 6.07) is 0.725. The minimum absolute atomic E-state index is 0.251. The van der Waals surface area contributed by atoms with Gasteiger partial charge < -0.3 is 10.2 Å². The molecule has 0 saturated carbocycles. The van der Waals surface area contributed by atoms with Gasteiger partial charge in [-0.3, -0.25) is 9.80 Å². The normalized spacial score (nSPS) is 20.1. The smallest absolute Gasteiger partial charge is 0.0113 e.